The highest BCUT2D eigenvalue weighted by molar-refractivity contribution is 8.01. The van der Waals surface area contributed by atoms with E-state index in [1.165, 1.54) is 11.3 Å². The van der Waals surface area contributed by atoms with E-state index in [1.54, 1.807) is 12.3 Å². The lowest BCUT2D eigenvalue weighted by atomic mass is 10.5. The molecule has 9 heteroatoms. The van der Waals surface area contributed by atoms with Crippen LogP contribution in [0.1, 0.15) is 5.76 Å². The minimum atomic E-state index is -0.874. The van der Waals surface area contributed by atoms with E-state index in [9.17, 15) is 4.79 Å². The zero-order valence-electron chi connectivity index (χ0n) is 8.49. The van der Waals surface area contributed by atoms with Gasteiger partial charge in [0.25, 0.3) is 0 Å². The number of aromatic nitrogens is 3. The second kappa shape index (κ2) is 5.64. The van der Waals surface area contributed by atoms with Crippen LogP contribution < -0.4 is 5.32 Å². The molecule has 2 N–H and O–H groups in total. The van der Waals surface area contributed by atoms with Gasteiger partial charge in [0, 0.05) is 6.07 Å². The van der Waals surface area contributed by atoms with E-state index < -0.39 is 5.97 Å². The third-order valence-corrected chi connectivity index (χ3v) is 3.63. The van der Waals surface area contributed by atoms with Crippen molar-refractivity contribution in [2.24, 2.45) is 0 Å². The minimum Gasteiger partial charge on any atom is -0.481 e. The Bertz CT molecular complexity index is 485. The first-order valence-corrected chi connectivity index (χ1v) is 6.36. The number of carboxylic acids is 1. The van der Waals surface area contributed by atoms with Crippen molar-refractivity contribution in [2.45, 2.75) is 10.9 Å². The van der Waals surface area contributed by atoms with E-state index in [0.29, 0.717) is 21.8 Å². The molecule has 2 heterocycles. The Labute approximate surface area is 104 Å². The van der Waals surface area contributed by atoms with Crippen LogP contribution in [-0.4, -0.2) is 32.2 Å². The number of hydrogen-bond acceptors (Lipinski definition) is 8. The number of carbonyl (C=O) groups is 1. The molecule has 0 bridgehead atoms. The Morgan fingerprint density at radius 3 is 3.18 bits per heavy atom. The van der Waals surface area contributed by atoms with Crippen LogP contribution in [0.25, 0.3) is 0 Å². The molecule has 7 nitrogen and oxygen atoms in total. The van der Waals surface area contributed by atoms with Gasteiger partial charge in [-0.25, -0.2) is 0 Å². The number of anilines is 1. The van der Waals surface area contributed by atoms with E-state index in [4.69, 9.17) is 9.63 Å². The summed E-state index contributed by atoms with van der Waals surface area (Å²) in [4.78, 5) is 10.4. The van der Waals surface area contributed by atoms with Gasteiger partial charge in [0.2, 0.25) is 5.13 Å². The summed E-state index contributed by atoms with van der Waals surface area (Å²) in [6.45, 7) is 0.470. The molecule has 0 saturated heterocycles. The van der Waals surface area contributed by atoms with Crippen molar-refractivity contribution in [2.75, 3.05) is 11.1 Å². The average Bonchev–Trinajstić information content (AvgIpc) is 2.95. The van der Waals surface area contributed by atoms with Gasteiger partial charge in [-0.15, -0.1) is 10.2 Å². The van der Waals surface area contributed by atoms with Gasteiger partial charge in [-0.1, -0.05) is 28.3 Å². The number of aliphatic carboxylic acids is 1. The van der Waals surface area contributed by atoms with Gasteiger partial charge >= 0.3 is 5.97 Å². The largest absolute Gasteiger partial charge is 0.481 e. The summed E-state index contributed by atoms with van der Waals surface area (Å²) in [5.74, 6) is -0.196. The fourth-order valence-corrected chi connectivity index (χ4v) is 2.43. The molecule has 0 aliphatic heterocycles. The maximum atomic E-state index is 10.4. The van der Waals surface area contributed by atoms with Gasteiger partial charge in [-0.05, 0) is 0 Å². The Kier molecular flexibility index (Phi) is 3.94. The van der Waals surface area contributed by atoms with Crippen LogP contribution >= 0.6 is 23.1 Å². The topological polar surface area (TPSA) is 101 Å². The Balaban J connectivity index is 1.83. The summed E-state index contributed by atoms with van der Waals surface area (Å²) in [5.41, 5.74) is 0. The predicted octanol–water partition coefficient (Wildman–Crippen LogP) is 1.31. The molecule has 90 valence electrons. The quantitative estimate of drug-likeness (QED) is 0.759. The highest BCUT2D eigenvalue weighted by Crippen LogP contribution is 2.25. The van der Waals surface area contributed by atoms with Crippen LogP contribution in [0.4, 0.5) is 5.13 Å². The fourth-order valence-electron chi connectivity index (χ4n) is 0.959. The fraction of sp³-hybridized carbons (Fsp3) is 0.250. The first-order chi connectivity index (χ1) is 8.24. The number of thioether (sulfide) groups is 1. The van der Waals surface area contributed by atoms with E-state index >= 15 is 0 Å². The summed E-state index contributed by atoms with van der Waals surface area (Å²) in [6.07, 6.45) is 1.56. The van der Waals surface area contributed by atoms with Crippen molar-refractivity contribution >= 4 is 34.2 Å². The molecule has 0 amide bonds. The molecule has 17 heavy (non-hydrogen) atoms. The van der Waals surface area contributed by atoms with Crippen molar-refractivity contribution in [1.82, 2.24) is 15.4 Å². The smallest absolute Gasteiger partial charge is 0.313 e. The molecule has 0 atom stereocenters. The second-order valence-electron chi connectivity index (χ2n) is 2.89. The van der Waals surface area contributed by atoms with Crippen LogP contribution in [0.2, 0.25) is 0 Å². The molecule has 0 aromatic carbocycles. The number of hydrogen-bond donors (Lipinski definition) is 2. The SMILES string of the molecule is O=C(O)CSc1nnc(NCc2ccno2)s1. The lowest BCUT2D eigenvalue weighted by Gasteiger charge is -1.95. The van der Waals surface area contributed by atoms with E-state index in [2.05, 4.69) is 20.7 Å². The van der Waals surface area contributed by atoms with Crippen molar-refractivity contribution < 1.29 is 14.4 Å². The Morgan fingerprint density at radius 2 is 2.47 bits per heavy atom. The minimum absolute atomic E-state index is 0.0171. The summed E-state index contributed by atoms with van der Waals surface area (Å²) >= 11 is 2.44. The molecule has 0 saturated carbocycles. The van der Waals surface area contributed by atoms with Crippen molar-refractivity contribution in [1.29, 1.82) is 0 Å². The normalized spacial score (nSPS) is 10.4. The molecular formula is C8H8N4O3S2. The van der Waals surface area contributed by atoms with E-state index in [-0.39, 0.29) is 5.75 Å². The van der Waals surface area contributed by atoms with Crippen molar-refractivity contribution in [3.8, 4) is 0 Å². The number of nitrogens with zero attached hydrogens (tertiary/aromatic N) is 3. The molecule has 0 fully saturated rings. The van der Waals surface area contributed by atoms with Gasteiger partial charge in [0.1, 0.15) is 0 Å². The van der Waals surface area contributed by atoms with Crippen molar-refractivity contribution in [3.05, 3.63) is 18.0 Å². The summed E-state index contributed by atoms with van der Waals surface area (Å²) < 4.78 is 5.52. The van der Waals surface area contributed by atoms with E-state index in [0.717, 1.165) is 11.8 Å². The molecule has 2 rings (SSSR count). The van der Waals surface area contributed by atoms with E-state index in [1.807, 2.05) is 0 Å². The van der Waals surface area contributed by atoms with Gasteiger partial charge in [0.15, 0.2) is 10.1 Å². The van der Waals surface area contributed by atoms with Crippen LogP contribution in [0.3, 0.4) is 0 Å². The highest BCUT2D eigenvalue weighted by atomic mass is 32.2. The first kappa shape index (κ1) is 11.9. The third kappa shape index (κ3) is 3.71. The number of carboxylic acid groups (broad SMARTS) is 1. The third-order valence-electron chi connectivity index (χ3n) is 1.63. The molecule has 0 unspecified atom stereocenters. The standard InChI is InChI=1S/C8H8N4O3S2/c13-6(14)4-16-8-12-11-7(17-8)9-3-5-1-2-10-15-5/h1-2H,3-4H2,(H,9,11)(H,13,14). The molecular weight excluding hydrogens is 264 g/mol. The molecule has 0 spiro atoms. The maximum Gasteiger partial charge on any atom is 0.313 e. The number of rotatable bonds is 6. The zero-order chi connectivity index (χ0) is 12.1. The molecule has 2 aromatic heterocycles. The second-order valence-corrected chi connectivity index (χ2v) is 5.09. The predicted molar refractivity (Wildman–Crippen MR) is 62.1 cm³/mol. The van der Waals surface area contributed by atoms with Crippen LogP contribution in [-0.2, 0) is 11.3 Å². The molecule has 2 aromatic rings. The lowest BCUT2D eigenvalue weighted by molar-refractivity contribution is -0.133. The van der Waals surface area contributed by atoms with Crippen LogP contribution in [0.5, 0.6) is 0 Å². The zero-order valence-corrected chi connectivity index (χ0v) is 10.1. The summed E-state index contributed by atoms with van der Waals surface area (Å²) in [6, 6.07) is 1.74. The maximum absolute atomic E-state index is 10.4. The van der Waals surface area contributed by atoms with Gasteiger partial charge in [-0.2, -0.15) is 0 Å². The molecule has 0 aliphatic carbocycles. The first-order valence-electron chi connectivity index (χ1n) is 4.55. The Morgan fingerprint density at radius 1 is 1.59 bits per heavy atom. The van der Waals surface area contributed by atoms with Gasteiger partial charge in [0.05, 0.1) is 18.5 Å². The van der Waals surface area contributed by atoms with Crippen LogP contribution in [0.15, 0.2) is 21.1 Å². The molecule has 0 aliphatic rings. The molecule has 0 radical (unpaired) electrons. The summed E-state index contributed by atoms with van der Waals surface area (Å²) in [5, 5.41) is 23.4. The van der Waals surface area contributed by atoms with Gasteiger partial charge in [-0.3, -0.25) is 4.79 Å². The van der Waals surface area contributed by atoms with Gasteiger partial charge < -0.3 is 14.9 Å². The van der Waals surface area contributed by atoms with Crippen molar-refractivity contribution in [3.63, 3.8) is 0 Å². The monoisotopic (exact) mass is 272 g/mol. The highest BCUT2D eigenvalue weighted by Gasteiger charge is 2.07. The van der Waals surface area contributed by atoms with Crippen LogP contribution in [0, 0.1) is 0 Å². The Hall–Kier alpha value is -1.61. The average molecular weight is 272 g/mol. The lowest BCUT2D eigenvalue weighted by Crippen LogP contribution is -1.97. The number of nitrogens with one attached hydrogen (secondary N) is 1. The summed E-state index contributed by atoms with van der Waals surface area (Å²) in [7, 11) is 0.